The summed E-state index contributed by atoms with van der Waals surface area (Å²) in [5.74, 6) is 0.447. The quantitative estimate of drug-likeness (QED) is 0.368. The standard InChI is InChI=1S/C29H42N4O3S/c1-20-7-11-22(12-8-20)24-18-37-26(31-24)32-25(34)17-21-9-13-23(14-10-21)30-19-29(15-5-6-16-29)33-27(35)36-28(2,3)4/h7-8,11-12,18,21,23,30H,5-6,9-10,13-17,19H2,1-4H3,(H,33,35)(H,31,32,34). The van der Waals surface area contributed by atoms with Crippen molar-refractivity contribution in [1.82, 2.24) is 15.6 Å². The summed E-state index contributed by atoms with van der Waals surface area (Å²) in [7, 11) is 0. The Kier molecular flexibility index (Phi) is 8.90. The van der Waals surface area contributed by atoms with Crippen molar-refractivity contribution in [2.45, 2.75) is 103 Å². The summed E-state index contributed by atoms with van der Waals surface area (Å²) in [6.45, 7) is 8.52. The summed E-state index contributed by atoms with van der Waals surface area (Å²) in [4.78, 5) is 29.7. The number of thiazole rings is 1. The second-order valence-corrected chi connectivity index (χ2v) is 12.7. The molecule has 1 aromatic heterocycles. The van der Waals surface area contributed by atoms with E-state index in [4.69, 9.17) is 4.74 Å². The van der Waals surface area contributed by atoms with E-state index >= 15 is 0 Å². The van der Waals surface area contributed by atoms with Crippen LogP contribution in [0, 0.1) is 12.8 Å². The van der Waals surface area contributed by atoms with Crippen molar-refractivity contribution in [2.75, 3.05) is 11.9 Å². The van der Waals surface area contributed by atoms with Gasteiger partial charge in [0.2, 0.25) is 5.91 Å². The van der Waals surface area contributed by atoms with E-state index in [1.165, 1.54) is 16.9 Å². The lowest BCUT2D eigenvalue weighted by Crippen LogP contribution is -2.55. The lowest BCUT2D eigenvalue weighted by Gasteiger charge is -2.35. The molecule has 0 spiro atoms. The number of hydrogen-bond acceptors (Lipinski definition) is 6. The minimum Gasteiger partial charge on any atom is -0.444 e. The average molecular weight is 527 g/mol. The number of aromatic nitrogens is 1. The topological polar surface area (TPSA) is 92.4 Å². The number of aryl methyl sites for hydroxylation is 1. The molecule has 1 heterocycles. The average Bonchev–Trinajstić information content (AvgIpc) is 3.48. The number of amides is 2. The summed E-state index contributed by atoms with van der Waals surface area (Å²) in [6, 6.07) is 8.69. The maximum absolute atomic E-state index is 12.7. The zero-order valence-electron chi connectivity index (χ0n) is 22.7. The SMILES string of the molecule is Cc1ccc(-c2csc(NC(=O)CC3CCC(NCC4(NC(=O)OC(C)(C)C)CCCC4)CC3)n2)cc1. The third-order valence-electron chi connectivity index (χ3n) is 7.47. The maximum Gasteiger partial charge on any atom is 0.408 e. The van der Waals surface area contributed by atoms with Crippen LogP contribution in [0.2, 0.25) is 0 Å². The first-order valence-electron chi connectivity index (χ1n) is 13.7. The van der Waals surface area contributed by atoms with Gasteiger partial charge in [0.1, 0.15) is 5.60 Å². The molecule has 2 fully saturated rings. The van der Waals surface area contributed by atoms with Gasteiger partial charge in [0.25, 0.3) is 0 Å². The molecule has 8 heteroatoms. The number of anilines is 1. The van der Waals surface area contributed by atoms with Crippen LogP contribution >= 0.6 is 11.3 Å². The van der Waals surface area contributed by atoms with Crippen LogP contribution in [0.4, 0.5) is 9.93 Å². The van der Waals surface area contributed by atoms with E-state index in [9.17, 15) is 9.59 Å². The number of rotatable bonds is 8. The van der Waals surface area contributed by atoms with Gasteiger partial charge in [-0.25, -0.2) is 9.78 Å². The molecule has 37 heavy (non-hydrogen) atoms. The number of carbonyl (C=O) groups excluding carboxylic acids is 2. The van der Waals surface area contributed by atoms with E-state index in [-0.39, 0.29) is 17.5 Å². The Morgan fingerprint density at radius 2 is 1.76 bits per heavy atom. The summed E-state index contributed by atoms with van der Waals surface area (Å²) in [5, 5.41) is 12.6. The summed E-state index contributed by atoms with van der Waals surface area (Å²) >= 11 is 1.47. The third-order valence-corrected chi connectivity index (χ3v) is 8.23. The molecule has 4 rings (SSSR count). The molecule has 2 aromatic rings. The van der Waals surface area contributed by atoms with E-state index in [0.29, 0.717) is 23.5 Å². The van der Waals surface area contributed by atoms with E-state index < -0.39 is 5.60 Å². The van der Waals surface area contributed by atoms with Crippen LogP contribution in [0.3, 0.4) is 0 Å². The lowest BCUT2D eigenvalue weighted by molar-refractivity contribution is -0.117. The van der Waals surface area contributed by atoms with E-state index in [1.54, 1.807) is 0 Å². The first kappa shape index (κ1) is 27.6. The summed E-state index contributed by atoms with van der Waals surface area (Å²) in [6.07, 6.45) is 8.61. The Labute approximate surface area is 225 Å². The van der Waals surface area contributed by atoms with Gasteiger partial charge in [-0.2, -0.15) is 0 Å². The Hall–Kier alpha value is -2.45. The highest BCUT2D eigenvalue weighted by Crippen LogP contribution is 2.32. The normalized spacial score (nSPS) is 21.4. The molecule has 2 amide bonds. The van der Waals surface area contributed by atoms with Gasteiger partial charge >= 0.3 is 6.09 Å². The fourth-order valence-electron chi connectivity index (χ4n) is 5.45. The van der Waals surface area contributed by atoms with E-state index in [2.05, 4.69) is 52.1 Å². The van der Waals surface area contributed by atoms with Crippen molar-refractivity contribution in [3.8, 4) is 11.3 Å². The lowest BCUT2D eigenvalue weighted by atomic mass is 9.83. The van der Waals surface area contributed by atoms with Crippen molar-refractivity contribution >= 4 is 28.5 Å². The number of ether oxygens (including phenoxy) is 1. The Morgan fingerprint density at radius 3 is 2.41 bits per heavy atom. The van der Waals surface area contributed by atoms with Crippen molar-refractivity contribution in [3.05, 3.63) is 35.2 Å². The molecule has 2 aliphatic carbocycles. The molecule has 0 atom stereocenters. The monoisotopic (exact) mass is 526 g/mol. The van der Waals surface area contributed by atoms with Crippen LogP contribution in [-0.4, -0.2) is 40.7 Å². The van der Waals surface area contributed by atoms with Gasteiger partial charge in [-0.15, -0.1) is 11.3 Å². The van der Waals surface area contributed by atoms with Crippen LogP contribution in [-0.2, 0) is 9.53 Å². The molecular weight excluding hydrogens is 484 g/mol. The zero-order chi connectivity index (χ0) is 26.5. The highest BCUT2D eigenvalue weighted by Gasteiger charge is 2.37. The number of nitrogens with zero attached hydrogens (tertiary/aromatic N) is 1. The number of nitrogens with one attached hydrogen (secondary N) is 3. The zero-order valence-corrected chi connectivity index (χ0v) is 23.5. The minimum absolute atomic E-state index is 0.0488. The summed E-state index contributed by atoms with van der Waals surface area (Å²) < 4.78 is 5.52. The highest BCUT2D eigenvalue weighted by molar-refractivity contribution is 7.14. The Balaban J connectivity index is 1.19. The first-order chi connectivity index (χ1) is 17.6. The molecule has 0 aliphatic heterocycles. The predicted molar refractivity (Wildman–Crippen MR) is 150 cm³/mol. The van der Waals surface area contributed by atoms with Crippen molar-refractivity contribution in [3.63, 3.8) is 0 Å². The van der Waals surface area contributed by atoms with Gasteiger partial charge in [0.15, 0.2) is 5.13 Å². The van der Waals surface area contributed by atoms with Gasteiger partial charge in [0.05, 0.1) is 11.2 Å². The molecule has 0 unspecified atom stereocenters. The molecule has 0 radical (unpaired) electrons. The van der Waals surface area contributed by atoms with Crippen LogP contribution in [0.15, 0.2) is 29.6 Å². The maximum atomic E-state index is 12.7. The van der Waals surface area contributed by atoms with Crippen LogP contribution in [0.25, 0.3) is 11.3 Å². The molecule has 0 bridgehead atoms. The molecule has 3 N–H and O–H groups in total. The molecule has 0 saturated heterocycles. The van der Waals surface area contributed by atoms with Gasteiger partial charge in [-0.05, 0) is 72.1 Å². The second-order valence-electron chi connectivity index (χ2n) is 11.9. The molecule has 202 valence electrons. The van der Waals surface area contributed by atoms with Crippen LogP contribution in [0.5, 0.6) is 0 Å². The van der Waals surface area contributed by atoms with Gasteiger partial charge < -0.3 is 20.7 Å². The Morgan fingerprint density at radius 1 is 1.08 bits per heavy atom. The number of benzene rings is 1. The van der Waals surface area contributed by atoms with Gasteiger partial charge in [-0.3, -0.25) is 4.79 Å². The molecule has 7 nitrogen and oxygen atoms in total. The third kappa shape index (κ3) is 8.27. The van der Waals surface area contributed by atoms with Crippen molar-refractivity contribution in [1.29, 1.82) is 0 Å². The summed E-state index contributed by atoms with van der Waals surface area (Å²) in [5.41, 5.74) is 2.46. The van der Waals surface area contributed by atoms with Crippen LogP contribution in [0.1, 0.15) is 84.1 Å². The number of hydrogen-bond donors (Lipinski definition) is 3. The highest BCUT2D eigenvalue weighted by atomic mass is 32.1. The molecule has 2 saturated carbocycles. The van der Waals surface area contributed by atoms with E-state index in [1.807, 2.05) is 26.2 Å². The molecule has 2 aliphatic rings. The second kappa shape index (κ2) is 11.9. The largest absolute Gasteiger partial charge is 0.444 e. The van der Waals surface area contributed by atoms with Crippen molar-refractivity contribution < 1.29 is 14.3 Å². The fraction of sp³-hybridized carbons (Fsp3) is 0.621. The predicted octanol–water partition coefficient (Wildman–Crippen LogP) is 6.43. The van der Waals surface area contributed by atoms with Crippen molar-refractivity contribution in [2.24, 2.45) is 5.92 Å². The first-order valence-corrected chi connectivity index (χ1v) is 14.5. The number of carbonyl (C=O) groups is 2. The van der Waals surface area contributed by atoms with Gasteiger partial charge in [-0.1, -0.05) is 42.7 Å². The Bertz CT molecular complexity index is 1050. The minimum atomic E-state index is -0.495. The van der Waals surface area contributed by atoms with E-state index in [0.717, 1.165) is 69.2 Å². The van der Waals surface area contributed by atoms with Crippen LogP contribution < -0.4 is 16.0 Å². The van der Waals surface area contributed by atoms with Gasteiger partial charge in [0, 0.05) is 30.0 Å². The molecular formula is C29H42N4O3S. The smallest absolute Gasteiger partial charge is 0.408 e. The fourth-order valence-corrected chi connectivity index (χ4v) is 6.18. The number of alkyl carbamates (subject to hydrolysis) is 1. The molecule has 1 aromatic carbocycles.